The van der Waals surface area contributed by atoms with Crippen LogP contribution in [0.3, 0.4) is 0 Å². The van der Waals surface area contributed by atoms with Crippen LogP contribution in [-0.4, -0.2) is 16.1 Å². The molecule has 0 aliphatic carbocycles. The Kier molecular flexibility index (Phi) is 2.21. The van der Waals surface area contributed by atoms with Crippen LogP contribution in [0.5, 0.6) is 5.88 Å². The van der Waals surface area contributed by atoms with Crippen LogP contribution in [0.25, 0.3) is 11.4 Å². The van der Waals surface area contributed by atoms with E-state index < -0.39 is 0 Å². The zero-order chi connectivity index (χ0) is 11.8. The highest BCUT2D eigenvalue weighted by atomic mass is 16.5. The normalized spacial score (nSPS) is 17.6. The van der Waals surface area contributed by atoms with Gasteiger partial charge in [0.1, 0.15) is 11.9 Å². The minimum atomic E-state index is -0.0989. The second-order valence-corrected chi connectivity index (χ2v) is 4.20. The molecule has 3 rings (SSSR count). The van der Waals surface area contributed by atoms with Gasteiger partial charge in [0.05, 0.1) is 5.56 Å². The quantitative estimate of drug-likeness (QED) is 0.809. The number of aromatic nitrogens is 2. The standard InChI is InChI=1S/C13H12N2O2/c1-8-7-10-12(16)14-11(15-13(10)17-8)9-5-3-2-4-6-9/h2-6,8H,7H2,1H3,(H,14,15,16)/t8-/m1/s1. The maximum absolute atomic E-state index is 11.9. The Bertz CT molecular complexity index is 605. The van der Waals surface area contributed by atoms with Crippen LogP contribution in [0.4, 0.5) is 0 Å². The van der Waals surface area contributed by atoms with E-state index in [0.29, 0.717) is 23.7 Å². The van der Waals surface area contributed by atoms with Gasteiger partial charge in [0, 0.05) is 12.0 Å². The van der Waals surface area contributed by atoms with E-state index in [-0.39, 0.29) is 11.7 Å². The topological polar surface area (TPSA) is 55.0 Å². The lowest BCUT2D eigenvalue weighted by molar-refractivity contribution is 0.246. The van der Waals surface area contributed by atoms with Crippen LogP contribution in [0.15, 0.2) is 35.1 Å². The van der Waals surface area contributed by atoms with Crippen molar-refractivity contribution in [2.24, 2.45) is 0 Å². The summed E-state index contributed by atoms with van der Waals surface area (Å²) >= 11 is 0. The van der Waals surface area contributed by atoms with Crippen molar-refractivity contribution in [2.45, 2.75) is 19.4 Å². The van der Waals surface area contributed by atoms with Crippen LogP contribution in [0.2, 0.25) is 0 Å². The zero-order valence-electron chi connectivity index (χ0n) is 9.43. The van der Waals surface area contributed by atoms with Crippen LogP contribution in [-0.2, 0) is 6.42 Å². The Hall–Kier alpha value is -2.10. The van der Waals surface area contributed by atoms with E-state index in [0.717, 1.165) is 5.56 Å². The van der Waals surface area contributed by atoms with E-state index in [1.165, 1.54) is 0 Å². The van der Waals surface area contributed by atoms with Gasteiger partial charge in [0.25, 0.3) is 5.56 Å². The van der Waals surface area contributed by atoms with Gasteiger partial charge in [-0.15, -0.1) is 0 Å². The van der Waals surface area contributed by atoms with Gasteiger partial charge < -0.3 is 9.72 Å². The van der Waals surface area contributed by atoms with Crippen molar-refractivity contribution in [1.29, 1.82) is 0 Å². The maximum Gasteiger partial charge on any atom is 0.258 e. The van der Waals surface area contributed by atoms with Crippen molar-refractivity contribution >= 4 is 0 Å². The van der Waals surface area contributed by atoms with Gasteiger partial charge in [0.2, 0.25) is 5.88 Å². The van der Waals surface area contributed by atoms with E-state index in [9.17, 15) is 4.79 Å². The first kappa shape index (κ1) is 10.1. The van der Waals surface area contributed by atoms with Crippen molar-refractivity contribution in [3.8, 4) is 17.3 Å². The summed E-state index contributed by atoms with van der Waals surface area (Å²) in [6.07, 6.45) is 0.664. The molecule has 0 spiro atoms. The maximum atomic E-state index is 11.9. The molecule has 2 heterocycles. The lowest BCUT2D eigenvalue weighted by Crippen LogP contribution is -2.13. The van der Waals surface area contributed by atoms with Crippen molar-refractivity contribution < 1.29 is 4.74 Å². The van der Waals surface area contributed by atoms with Gasteiger partial charge >= 0.3 is 0 Å². The third kappa shape index (κ3) is 1.71. The number of ether oxygens (including phenoxy) is 1. The predicted molar refractivity (Wildman–Crippen MR) is 64.1 cm³/mol. The number of fused-ring (bicyclic) bond motifs is 1. The molecule has 17 heavy (non-hydrogen) atoms. The molecule has 0 amide bonds. The number of nitrogens with zero attached hydrogens (tertiary/aromatic N) is 1. The van der Waals surface area contributed by atoms with E-state index in [1.807, 2.05) is 37.3 Å². The fraction of sp³-hybridized carbons (Fsp3) is 0.231. The van der Waals surface area contributed by atoms with Gasteiger partial charge in [-0.2, -0.15) is 4.98 Å². The van der Waals surface area contributed by atoms with E-state index >= 15 is 0 Å². The summed E-state index contributed by atoms with van der Waals surface area (Å²) in [5.74, 6) is 1.03. The second kappa shape index (κ2) is 3.73. The molecule has 0 radical (unpaired) electrons. The molecular weight excluding hydrogens is 216 g/mol. The Morgan fingerprint density at radius 2 is 2.12 bits per heavy atom. The number of H-pyrrole nitrogens is 1. The molecule has 1 aliphatic rings. The highest BCUT2D eigenvalue weighted by Crippen LogP contribution is 2.25. The summed E-state index contributed by atoms with van der Waals surface area (Å²) < 4.78 is 5.52. The average molecular weight is 228 g/mol. The fourth-order valence-corrected chi connectivity index (χ4v) is 2.01. The summed E-state index contributed by atoms with van der Waals surface area (Å²) in [6, 6.07) is 9.55. The van der Waals surface area contributed by atoms with Crippen molar-refractivity contribution in [1.82, 2.24) is 9.97 Å². The van der Waals surface area contributed by atoms with Crippen molar-refractivity contribution in [3.05, 3.63) is 46.2 Å². The smallest absolute Gasteiger partial charge is 0.258 e. The van der Waals surface area contributed by atoms with E-state index in [1.54, 1.807) is 0 Å². The number of nitrogens with one attached hydrogen (secondary N) is 1. The van der Waals surface area contributed by atoms with Gasteiger partial charge in [0.15, 0.2) is 0 Å². The number of hydrogen-bond donors (Lipinski definition) is 1. The zero-order valence-corrected chi connectivity index (χ0v) is 9.43. The first-order chi connectivity index (χ1) is 8.24. The highest BCUT2D eigenvalue weighted by Gasteiger charge is 2.24. The van der Waals surface area contributed by atoms with E-state index in [2.05, 4.69) is 9.97 Å². The van der Waals surface area contributed by atoms with Gasteiger partial charge in [-0.1, -0.05) is 30.3 Å². The highest BCUT2D eigenvalue weighted by molar-refractivity contribution is 5.55. The van der Waals surface area contributed by atoms with E-state index in [4.69, 9.17) is 4.74 Å². The first-order valence-electron chi connectivity index (χ1n) is 5.59. The summed E-state index contributed by atoms with van der Waals surface area (Å²) in [4.78, 5) is 19.0. The Balaban J connectivity index is 2.14. The molecule has 1 aromatic carbocycles. The molecule has 86 valence electrons. The number of rotatable bonds is 1. The predicted octanol–water partition coefficient (Wildman–Crippen LogP) is 1.76. The SMILES string of the molecule is C[C@@H]1Cc2c(nc(-c3ccccc3)[nH]c2=O)O1. The lowest BCUT2D eigenvalue weighted by atomic mass is 10.2. The number of aromatic amines is 1. The largest absolute Gasteiger partial charge is 0.474 e. The first-order valence-corrected chi connectivity index (χ1v) is 5.59. The number of hydrogen-bond acceptors (Lipinski definition) is 3. The van der Waals surface area contributed by atoms with Gasteiger partial charge in [-0.05, 0) is 6.92 Å². The third-order valence-corrected chi connectivity index (χ3v) is 2.83. The molecule has 1 aliphatic heterocycles. The molecule has 0 fully saturated rings. The molecule has 0 saturated carbocycles. The van der Waals surface area contributed by atoms with Gasteiger partial charge in [-0.3, -0.25) is 4.79 Å². The minimum Gasteiger partial charge on any atom is -0.474 e. The van der Waals surface area contributed by atoms with Crippen molar-refractivity contribution in [2.75, 3.05) is 0 Å². The average Bonchev–Trinajstić information content (AvgIpc) is 2.71. The van der Waals surface area contributed by atoms with Crippen molar-refractivity contribution in [3.63, 3.8) is 0 Å². The summed E-state index contributed by atoms with van der Waals surface area (Å²) in [5, 5.41) is 0. The van der Waals surface area contributed by atoms with Crippen LogP contribution in [0, 0.1) is 0 Å². The molecule has 1 atom stereocenters. The minimum absolute atomic E-state index is 0.0321. The molecule has 0 saturated heterocycles. The third-order valence-electron chi connectivity index (χ3n) is 2.83. The Morgan fingerprint density at radius 1 is 1.35 bits per heavy atom. The molecule has 4 nitrogen and oxygen atoms in total. The molecule has 1 N–H and O–H groups in total. The Morgan fingerprint density at radius 3 is 2.88 bits per heavy atom. The molecule has 1 aromatic heterocycles. The molecule has 2 aromatic rings. The molecular formula is C13H12N2O2. The summed E-state index contributed by atoms with van der Waals surface area (Å²) in [5.41, 5.74) is 1.44. The summed E-state index contributed by atoms with van der Waals surface area (Å²) in [7, 11) is 0. The molecule has 0 unspecified atom stereocenters. The Labute approximate surface area is 98.3 Å². The molecule has 4 heteroatoms. The lowest BCUT2D eigenvalue weighted by Gasteiger charge is -2.04. The fourth-order valence-electron chi connectivity index (χ4n) is 2.01. The molecule has 0 bridgehead atoms. The monoisotopic (exact) mass is 228 g/mol. The van der Waals surface area contributed by atoms with Crippen LogP contribution in [0.1, 0.15) is 12.5 Å². The second-order valence-electron chi connectivity index (χ2n) is 4.20. The summed E-state index contributed by atoms with van der Waals surface area (Å²) in [6.45, 7) is 1.93. The van der Waals surface area contributed by atoms with Crippen LogP contribution < -0.4 is 10.3 Å². The number of benzene rings is 1. The van der Waals surface area contributed by atoms with Gasteiger partial charge in [-0.25, -0.2) is 0 Å². The van der Waals surface area contributed by atoms with Crippen LogP contribution >= 0.6 is 0 Å².